The quantitative estimate of drug-likeness (QED) is 0.784. The standard InChI is InChI=1S/C17H20BrNO2/c1-16(2)7-8-17(10-16)9-13(20)19-15(21)14(17)11-5-3-4-6-12(11)18/h3-6,14H,7-10H2,1-2H3,(H,19,20,21). The molecular weight excluding hydrogens is 330 g/mol. The topological polar surface area (TPSA) is 46.2 Å². The molecule has 2 unspecified atom stereocenters. The third-order valence-electron chi connectivity index (χ3n) is 5.00. The zero-order chi connectivity index (χ0) is 15.3. The Morgan fingerprint density at radius 1 is 1.19 bits per heavy atom. The first-order valence-corrected chi connectivity index (χ1v) is 8.20. The molecule has 1 N–H and O–H groups in total. The van der Waals surface area contributed by atoms with Gasteiger partial charge in [-0.1, -0.05) is 48.0 Å². The summed E-state index contributed by atoms with van der Waals surface area (Å²) in [6.45, 7) is 4.46. The molecule has 1 saturated heterocycles. The van der Waals surface area contributed by atoms with Crippen LogP contribution in [0.2, 0.25) is 0 Å². The zero-order valence-electron chi connectivity index (χ0n) is 12.4. The van der Waals surface area contributed by atoms with Crippen LogP contribution in [-0.4, -0.2) is 11.8 Å². The van der Waals surface area contributed by atoms with E-state index in [-0.39, 0.29) is 28.6 Å². The van der Waals surface area contributed by atoms with Crippen molar-refractivity contribution in [3.8, 4) is 0 Å². The van der Waals surface area contributed by atoms with Crippen molar-refractivity contribution >= 4 is 27.7 Å². The summed E-state index contributed by atoms with van der Waals surface area (Å²) in [6.07, 6.45) is 3.37. The van der Waals surface area contributed by atoms with Gasteiger partial charge in [-0.25, -0.2) is 0 Å². The number of nitrogens with one attached hydrogen (secondary N) is 1. The van der Waals surface area contributed by atoms with Gasteiger partial charge in [0.15, 0.2) is 0 Å². The third-order valence-corrected chi connectivity index (χ3v) is 5.72. The van der Waals surface area contributed by atoms with E-state index in [0.717, 1.165) is 29.3 Å². The monoisotopic (exact) mass is 349 g/mol. The first kappa shape index (κ1) is 14.8. The molecular formula is C17H20BrNO2. The Bertz CT molecular complexity index is 611. The third kappa shape index (κ3) is 2.54. The maximum absolute atomic E-state index is 12.6. The second kappa shape index (κ2) is 4.94. The van der Waals surface area contributed by atoms with Gasteiger partial charge in [0.1, 0.15) is 0 Å². The van der Waals surface area contributed by atoms with Crippen LogP contribution < -0.4 is 5.32 Å². The van der Waals surface area contributed by atoms with E-state index >= 15 is 0 Å². The van der Waals surface area contributed by atoms with E-state index in [1.165, 1.54) is 0 Å². The van der Waals surface area contributed by atoms with Crippen LogP contribution in [0, 0.1) is 10.8 Å². The minimum absolute atomic E-state index is 0.124. The van der Waals surface area contributed by atoms with Crippen LogP contribution in [0.4, 0.5) is 0 Å². The molecule has 1 saturated carbocycles. The summed E-state index contributed by atoms with van der Waals surface area (Å²) in [6, 6.07) is 7.87. The number of amides is 2. The van der Waals surface area contributed by atoms with Crippen LogP contribution in [0.15, 0.2) is 28.7 Å². The summed E-state index contributed by atoms with van der Waals surface area (Å²) in [5.41, 5.74) is 0.963. The molecule has 21 heavy (non-hydrogen) atoms. The number of imide groups is 1. The van der Waals surface area contributed by atoms with E-state index in [1.54, 1.807) is 0 Å². The Labute approximate surface area is 133 Å². The first-order valence-electron chi connectivity index (χ1n) is 7.41. The van der Waals surface area contributed by atoms with Crippen LogP contribution in [0.3, 0.4) is 0 Å². The average molecular weight is 350 g/mol. The van der Waals surface area contributed by atoms with Crippen molar-refractivity contribution in [2.45, 2.75) is 45.4 Å². The van der Waals surface area contributed by atoms with E-state index in [4.69, 9.17) is 0 Å². The lowest BCUT2D eigenvalue weighted by Gasteiger charge is -2.41. The number of benzene rings is 1. The molecule has 2 aliphatic rings. The van der Waals surface area contributed by atoms with Crippen molar-refractivity contribution < 1.29 is 9.59 Å². The van der Waals surface area contributed by atoms with Gasteiger partial charge < -0.3 is 0 Å². The Kier molecular flexibility index (Phi) is 3.47. The van der Waals surface area contributed by atoms with Crippen LogP contribution in [0.5, 0.6) is 0 Å². The average Bonchev–Trinajstić information content (AvgIpc) is 2.66. The van der Waals surface area contributed by atoms with E-state index in [2.05, 4.69) is 35.1 Å². The molecule has 1 aliphatic carbocycles. The van der Waals surface area contributed by atoms with E-state index in [1.807, 2.05) is 24.3 Å². The molecule has 1 aliphatic heterocycles. The predicted molar refractivity (Wildman–Crippen MR) is 84.7 cm³/mol. The number of piperidine rings is 1. The van der Waals surface area contributed by atoms with Crippen molar-refractivity contribution in [1.29, 1.82) is 0 Å². The first-order chi connectivity index (χ1) is 9.83. The summed E-state index contributed by atoms with van der Waals surface area (Å²) >= 11 is 3.57. The molecule has 0 aromatic heterocycles. The molecule has 3 nitrogen and oxygen atoms in total. The van der Waals surface area contributed by atoms with Gasteiger partial charge in [0.05, 0.1) is 5.92 Å². The Morgan fingerprint density at radius 3 is 2.52 bits per heavy atom. The van der Waals surface area contributed by atoms with Gasteiger partial charge in [0.25, 0.3) is 0 Å². The molecule has 112 valence electrons. The maximum Gasteiger partial charge on any atom is 0.234 e. The number of hydrogen-bond acceptors (Lipinski definition) is 2. The summed E-state index contributed by atoms with van der Waals surface area (Å²) in [5, 5.41) is 2.53. The van der Waals surface area contributed by atoms with Crippen LogP contribution in [-0.2, 0) is 9.59 Å². The highest BCUT2D eigenvalue weighted by Gasteiger charge is 2.55. The number of carbonyl (C=O) groups is 2. The predicted octanol–water partition coefficient (Wildman–Crippen LogP) is 3.78. The van der Waals surface area contributed by atoms with Crippen LogP contribution in [0.25, 0.3) is 0 Å². The van der Waals surface area contributed by atoms with Crippen molar-refractivity contribution in [1.82, 2.24) is 5.32 Å². The van der Waals surface area contributed by atoms with Crippen molar-refractivity contribution in [3.63, 3.8) is 0 Å². The highest BCUT2D eigenvalue weighted by Crippen LogP contribution is 2.59. The molecule has 2 fully saturated rings. The molecule has 0 bridgehead atoms. The second-order valence-electron chi connectivity index (χ2n) is 7.25. The largest absolute Gasteiger partial charge is 0.296 e. The van der Waals surface area contributed by atoms with Gasteiger partial charge in [0.2, 0.25) is 11.8 Å². The molecule has 2 amide bonds. The van der Waals surface area contributed by atoms with Crippen molar-refractivity contribution in [3.05, 3.63) is 34.3 Å². The molecule has 1 aromatic carbocycles. The summed E-state index contributed by atoms with van der Waals surface area (Å²) in [5.74, 6) is -0.510. The van der Waals surface area contributed by atoms with Gasteiger partial charge in [-0.15, -0.1) is 0 Å². The molecule has 2 atom stereocenters. The maximum atomic E-state index is 12.6. The normalized spacial score (nSPS) is 31.5. The lowest BCUT2D eigenvalue weighted by atomic mass is 9.65. The van der Waals surface area contributed by atoms with Gasteiger partial charge in [-0.3, -0.25) is 14.9 Å². The van der Waals surface area contributed by atoms with Gasteiger partial charge in [-0.05, 0) is 41.7 Å². The highest BCUT2D eigenvalue weighted by atomic mass is 79.9. The summed E-state index contributed by atoms with van der Waals surface area (Å²) < 4.78 is 0.948. The lowest BCUT2D eigenvalue weighted by Crippen LogP contribution is -2.50. The SMILES string of the molecule is CC1(C)CCC2(CC(=O)NC(=O)C2c2ccccc2Br)C1. The second-order valence-corrected chi connectivity index (χ2v) is 8.10. The minimum atomic E-state index is -0.243. The Morgan fingerprint density at radius 2 is 1.90 bits per heavy atom. The molecule has 1 heterocycles. The summed E-state index contributed by atoms with van der Waals surface area (Å²) in [7, 11) is 0. The van der Waals surface area contributed by atoms with Gasteiger partial charge in [0, 0.05) is 10.9 Å². The van der Waals surface area contributed by atoms with Crippen molar-refractivity contribution in [2.24, 2.45) is 10.8 Å². The van der Waals surface area contributed by atoms with Crippen LogP contribution in [0.1, 0.15) is 51.0 Å². The Balaban J connectivity index is 2.09. The smallest absolute Gasteiger partial charge is 0.234 e. The van der Waals surface area contributed by atoms with Gasteiger partial charge in [-0.2, -0.15) is 0 Å². The highest BCUT2D eigenvalue weighted by molar-refractivity contribution is 9.10. The molecule has 3 rings (SSSR count). The number of hydrogen-bond donors (Lipinski definition) is 1. The minimum Gasteiger partial charge on any atom is -0.296 e. The fraction of sp³-hybridized carbons (Fsp3) is 0.529. The van der Waals surface area contributed by atoms with Crippen LogP contribution >= 0.6 is 15.9 Å². The number of carbonyl (C=O) groups excluding carboxylic acids is 2. The lowest BCUT2D eigenvalue weighted by molar-refractivity contribution is -0.140. The molecule has 4 heteroatoms. The van der Waals surface area contributed by atoms with Crippen molar-refractivity contribution in [2.75, 3.05) is 0 Å². The number of rotatable bonds is 1. The van der Waals surface area contributed by atoms with Gasteiger partial charge >= 0.3 is 0 Å². The molecule has 1 aromatic rings. The van der Waals surface area contributed by atoms with E-state index in [9.17, 15) is 9.59 Å². The fourth-order valence-electron chi connectivity index (χ4n) is 4.25. The molecule has 0 radical (unpaired) electrons. The molecule has 1 spiro atoms. The van der Waals surface area contributed by atoms with E-state index in [0.29, 0.717) is 6.42 Å². The zero-order valence-corrected chi connectivity index (χ0v) is 14.0. The summed E-state index contributed by atoms with van der Waals surface area (Å²) in [4.78, 5) is 24.5. The fourth-order valence-corrected chi connectivity index (χ4v) is 4.76. The number of halogens is 1. The van der Waals surface area contributed by atoms with E-state index < -0.39 is 0 Å². The Hall–Kier alpha value is -1.16.